The van der Waals surface area contributed by atoms with E-state index in [9.17, 15) is 4.79 Å². The molecule has 2 rings (SSSR count). The number of aryl methyl sites for hydroxylation is 1. The number of hydrogen-bond donors (Lipinski definition) is 2. The first kappa shape index (κ1) is 11.9. The van der Waals surface area contributed by atoms with Crippen molar-refractivity contribution >= 4 is 11.7 Å². The van der Waals surface area contributed by atoms with Crippen LogP contribution in [-0.4, -0.2) is 28.9 Å². The van der Waals surface area contributed by atoms with Crippen LogP contribution in [0.5, 0.6) is 0 Å². The van der Waals surface area contributed by atoms with E-state index in [1.165, 1.54) is 6.42 Å². The molecule has 1 fully saturated rings. The summed E-state index contributed by atoms with van der Waals surface area (Å²) in [5, 5.41) is 0. The van der Waals surface area contributed by atoms with Crippen LogP contribution < -0.4 is 11.3 Å². The molecule has 0 aromatic carbocycles. The van der Waals surface area contributed by atoms with Crippen molar-refractivity contribution in [1.29, 1.82) is 0 Å². The predicted molar refractivity (Wildman–Crippen MR) is 66.5 cm³/mol. The molecule has 5 nitrogen and oxygen atoms in total. The van der Waals surface area contributed by atoms with Gasteiger partial charge in [-0.25, -0.2) is 10.8 Å². The van der Waals surface area contributed by atoms with Gasteiger partial charge in [0, 0.05) is 24.3 Å². The lowest BCUT2D eigenvalue weighted by atomic mass is 9.91. The maximum atomic E-state index is 12.2. The number of nitrogens with two attached hydrogens (primary N) is 1. The van der Waals surface area contributed by atoms with Crippen molar-refractivity contribution in [3.05, 3.63) is 23.4 Å². The molecule has 0 bridgehead atoms. The largest absolute Gasteiger partial charge is 0.339 e. The standard InChI is InChI=1S/C12H18N4O/c1-8-6-9(7-11(14-8)15-13)12(17)16(2)10-4-3-5-10/h6-7,10H,3-5,13H2,1-2H3,(H,14,15). The van der Waals surface area contributed by atoms with Crippen molar-refractivity contribution in [2.24, 2.45) is 5.84 Å². The number of nitrogens with one attached hydrogen (secondary N) is 1. The van der Waals surface area contributed by atoms with E-state index in [4.69, 9.17) is 5.84 Å². The second-order valence-electron chi connectivity index (χ2n) is 4.53. The van der Waals surface area contributed by atoms with E-state index in [1.54, 1.807) is 12.1 Å². The van der Waals surface area contributed by atoms with Crippen molar-refractivity contribution in [3.8, 4) is 0 Å². The Kier molecular flexibility index (Phi) is 3.28. The Morgan fingerprint density at radius 1 is 1.53 bits per heavy atom. The molecular weight excluding hydrogens is 216 g/mol. The molecule has 5 heteroatoms. The first-order chi connectivity index (χ1) is 8.11. The summed E-state index contributed by atoms with van der Waals surface area (Å²) < 4.78 is 0. The lowest BCUT2D eigenvalue weighted by Crippen LogP contribution is -2.41. The summed E-state index contributed by atoms with van der Waals surface area (Å²) >= 11 is 0. The van der Waals surface area contributed by atoms with E-state index in [2.05, 4.69) is 10.4 Å². The molecule has 1 heterocycles. The van der Waals surface area contributed by atoms with Crippen LogP contribution in [0.4, 0.5) is 5.82 Å². The number of anilines is 1. The summed E-state index contributed by atoms with van der Waals surface area (Å²) in [4.78, 5) is 18.2. The molecule has 1 aliphatic carbocycles. The zero-order chi connectivity index (χ0) is 12.4. The van der Waals surface area contributed by atoms with Crippen LogP contribution in [0.15, 0.2) is 12.1 Å². The van der Waals surface area contributed by atoms with Crippen molar-refractivity contribution in [2.45, 2.75) is 32.2 Å². The number of nitrogen functional groups attached to an aromatic ring is 1. The topological polar surface area (TPSA) is 71.2 Å². The van der Waals surface area contributed by atoms with E-state index >= 15 is 0 Å². The van der Waals surface area contributed by atoms with Crippen molar-refractivity contribution in [2.75, 3.05) is 12.5 Å². The van der Waals surface area contributed by atoms with E-state index in [1.807, 2.05) is 18.9 Å². The van der Waals surface area contributed by atoms with Gasteiger partial charge in [-0.3, -0.25) is 4.79 Å². The molecule has 0 atom stereocenters. The SMILES string of the molecule is Cc1cc(C(=O)N(C)C2CCC2)cc(NN)n1. The number of pyridine rings is 1. The number of amides is 1. The third-order valence-electron chi connectivity index (χ3n) is 3.29. The second-order valence-corrected chi connectivity index (χ2v) is 4.53. The van der Waals surface area contributed by atoms with Gasteiger partial charge >= 0.3 is 0 Å². The highest BCUT2D eigenvalue weighted by atomic mass is 16.2. The van der Waals surface area contributed by atoms with E-state index < -0.39 is 0 Å². The quantitative estimate of drug-likeness (QED) is 0.611. The fraction of sp³-hybridized carbons (Fsp3) is 0.500. The molecule has 0 unspecified atom stereocenters. The first-order valence-electron chi connectivity index (χ1n) is 5.84. The fourth-order valence-corrected chi connectivity index (χ4v) is 2.01. The van der Waals surface area contributed by atoms with E-state index in [0.717, 1.165) is 18.5 Å². The minimum atomic E-state index is 0.0386. The van der Waals surface area contributed by atoms with Gasteiger partial charge in [0.2, 0.25) is 0 Å². The fourth-order valence-electron chi connectivity index (χ4n) is 2.01. The molecule has 3 N–H and O–H groups in total. The Morgan fingerprint density at radius 3 is 2.76 bits per heavy atom. The van der Waals surface area contributed by atoms with Crippen LogP contribution in [0.1, 0.15) is 35.3 Å². The lowest BCUT2D eigenvalue weighted by Gasteiger charge is -2.34. The van der Waals surface area contributed by atoms with Gasteiger partial charge in [0.1, 0.15) is 5.82 Å². The van der Waals surface area contributed by atoms with Crippen LogP contribution in [0.2, 0.25) is 0 Å². The monoisotopic (exact) mass is 234 g/mol. The summed E-state index contributed by atoms with van der Waals surface area (Å²) in [6.07, 6.45) is 3.43. The van der Waals surface area contributed by atoms with E-state index in [0.29, 0.717) is 17.4 Å². The van der Waals surface area contributed by atoms with Crippen LogP contribution in [0, 0.1) is 6.92 Å². The lowest BCUT2D eigenvalue weighted by molar-refractivity contribution is 0.0652. The molecule has 1 aliphatic rings. The zero-order valence-corrected chi connectivity index (χ0v) is 10.2. The zero-order valence-electron chi connectivity index (χ0n) is 10.2. The molecule has 1 aromatic heterocycles. The smallest absolute Gasteiger partial charge is 0.254 e. The molecule has 1 aromatic rings. The average molecular weight is 234 g/mol. The third kappa shape index (κ3) is 2.39. The van der Waals surface area contributed by atoms with Gasteiger partial charge in [0.25, 0.3) is 5.91 Å². The van der Waals surface area contributed by atoms with Gasteiger partial charge in [-0.05, 0) is 38.3 Å². The highest BCUT2D eigenvalue weighted by Gasteiger charge is 2.26. The molecule has 0 radical (unpaired) electrons. The van der Waals surface area contributed by atoms with Crippen LogP contribution in [0.25, 0.3) is 0 Å². The molecule has 0 saturated heterocycles. The highest BCUT2D eigenvalue weighted by Crippen LogP contribution is 2.25. The normalized spacial score (nSPS) is 15.2. The summed E-state index contributed by atoms with van der Waals surface area (Å²) in [6.45, 7) is 1.85. The number of rotatable bonds is 3. The number of carbonyl (C=O) groups excluding carboxylic acids is 1. The average Bonchev–Trinajstić information content (AvgIpc) is 2.24. The van der Waals surface area contributed by atoms with Crippen molar-refractivity contribution in [1.82, 2.24) is 9.88 Å². The number of carbonyl (C=O) groups is 1. The van der Waals surface area contributed by atoms with Gasteiger partial charge < -0.3 is 10.3 Å². The molecular formula is C12H18N4O. The minimum Gasteiger partial charge on any atom is -0.339 e. The highest BCUT2D eigenvalue weighted by molar-refractivity contribution is 5.95. The van der Waals surface area contributed by atoms with Crippen molar-refractivity contribution in [3.63, 3.8) is 0 Å². The van der Waals surface area contributed by atoms with Crippen LogP contribution >= 0.6 is 0 Å². The Balaban J connectivity index is 2.20. The molecule has 17 heavy (non-hydrogen) atoms. The molecule has 92 valence electrons. The number of hydrogen-bond acceptors (Lipinski definition) is 4. The molecule has 1 saturated carbocycles. The Hall–Kier alpha value is -1.62. The van der Waals surface area contributed by atoms with Crippen LogP contribution in [-0.2, 0) is 0 Å². The minimum absolute atomic E-state index is 0.0386. The van der Waals surface area contributed by atoms with Crippen molar-refractivity contribution < 1.29 is 4.79 Å². The van der Waals surface area contributed by atoms with Gasteiger partial charge in [0.15, 0.2) is 0 Å². The van der Waals surface area contributed by atoms with Gasteiger partial charge in [0.05, 0.1) is 0 Å². The predicted octanol–water partition coefficient (Wildman–Crippen LogP) is 1.30. The number of aromatic nitrogens is 1. The number of nitrogens with zero attached hydrogens (tertiary/aromatic N) is 2. The summed E-state index contributed by atoms with van der Waals surface area (Å²) in [6, 6.07) is 3.87. The molecule has 0 spiro atoms. The summed E-state index contributed by atoms with van der Waals surface area (Å²) in [5.41, 5.74) is 3.90. The maximum Gasteiger partial charge on any atom is 0.254 e. The Morgan fingerprint density at radius 2 is 2.24 bits per heavy atom. The molecule has 0 aliphatic heterocycles. The van der Waals surface area contributed by atoms with Gasteiger partial charge in [-0.2, -0.15) is 0 Å². The van der Waals surface area contributed by atoms with Gasteiger partial charge in [-0.1, -0.05) is 0 Å². The first-order valence-corrected chi connectivity index (χ1v) is 5.84. The Bertz CT molecular complexity index is 429. The summed E-state index contributed by atoms with van der Waals surface area (Å²) in [7, 11) is 1.86. The third-order valence-corrected chi connectivity index (χ3v) is 3.29. The Labute approximate surface area is 101 Å². The van der Waals surface area contributed by atoms with E-state index in [-0.39, 0.29) is 5.91 Å². The molecule has 1 amide bonds. The number of hydrazine groups is 1. The van der Waals surface area contributed by atoms with Gasteiger partial charge in [-0.15, -0.1) is 0 Å². The summed E-state index contributed by atoms with van der Waals surface area (Å²) in [5.74, 6) is 5.89. The second kappa shape index (κ2) is 4.71. The maximum absolute atomic E-state index is 12.2. The van der Waals surface area contributed by atoms with Crippen LogP contribution in [0.3, 0.4) is 0 Å².